The lowest BCUT2D eigenvalue weighted by Crippen LogP contribution is -2.36. The number of hydrogen-bond acceptors (Lipinski definition) is 3. The highest BCUT2D eigenvalue weighted by molar-refractivity contribution is 5.87. The Labute approximate surface area is 101 Å². The van der Waals surface area contributed by atoms with E-state index in [-0.39, 0.29) is 18.2 Å². The number of carboxylic acids is 1. The van der Waals surface area contributed by atoms with E-state index in [0.717, 1.165) is 5.56 Å². The van der Waals surface area contributed by atoms with Crippen molar-refractivity contribution in [2.75, 3.05) is 6.61 Å². The van der Waals surface area contributed by atoms with Crippen LogP contribution < -0.4 is 5.32 Å². The molecule has 0 aliphatic rings. The van der Waals surface area contributed by atoms with Crippen molar-refractivity contribution >= 4 is 5.97 Å². The zero-order valence-corrected chi connectivity index (χ0v) is 10.2. The van der Waals surface area contributed by atoms with Crippen molar-refractivity contribution in [1.29, 1.82) is 0 Å². The molecular weight excluding hydrogens is 218 g/mol. The molecule has 0 spiro atoms. The topological polar surface area (TPSA) is 69.6 Å². The summed E-state index contributed by atoms with van der Waals surface area (Å²) in [6, 6.07) is 6.80. The lowest BCUT2D eigenvalue weighted by Gasteiger charge is -2.19. The minimum Gasteiger partial charge on any atom is -0.478 e. The average Bonchev–Trinajstić information content (AvgIpc) is 2.30. The molecule has 4 heteroatoms. The van der Waals surface area contributed by atoms with E-state index >= 15 is 0 Å². The first-order valence-electron chi connectivity index (χ1n) is 5.71. The Kier molecular flexibility index (Phi) is 5.12. The second-order valence-corrected chi connectivity index (χ2v) is 4.42. The van der Waals surface area contributed by atoms with Crippen molar-refractivity contribution in [3.8, 4) is 0 Å². The minimum atomic E-state index is -0.917. The Bertz CT molecular complexity index is 359. The lowest BCUT2D eigenvalue weighted by molar-refractivity contribution is 0.0697. The number of aliphatic hydroxyl groups is 1. The molecule has 1 atom stereocenters. The summed E-state index contributed by atoms with van der Waals surface area (Å²) in [4.78, 5) is 10.7. The Hall–Kier alpha value is -1.39. The highest BCUT2D eigenvalue weighted by Crippen LogP contribution is 2.06. The first-order valence-corrected chi connectivity index (χ1v) is 5.71. The molecule has 0 amide bonds. The maximum absolute atomic E-state index is 10.7. The molecule has 17 heavy (non-hydrogen) atoms. The molecule has 0 saturated heterocycles. The minimum absolute atomic E-state index is 0.0640. The molecule has 3 N–H and O–H groups in total. The number of carbonyl (C=O) groups is 1. The summed E-state index contributed by atoms with van der Waals surface area (Å²) in [5.41, 5.74) is 1.30. The fourth-order valence-corrected chi connectivity index (χ4v) is 1.53. The molecule has 0 radical (unpaired) electrons. The summed E-state index contributed by atoms with van der Waals surface area (Å²) in [5, 5.41) is 21.1. The standard InChI is InChI=1S/C13H19NO3/c1-9(2)12(8-15)14-7-10-3-5-11(6-4-10)13(16)17/h3-6,9,12,14-15H,7-8H2,1-2H3,(H,16,17). The van der Waals surface area contributed by atoms with E-state index in [9.17, 15) is 4.79 Å². The Morgan fingerprint density at radius 3 is 2.29 bits per heavy atom. The molecule has 0 fully saturated rings. The van der Waals surface area contributed by atoms with Crippen molar-refractivity contribution in [3.63, 3.8) is 0 Å². The molecule has 1 aromatic carbocycles. The summed E-state index contributed by atoms with van der Waals surface area (Å²) >= 11 is 0. The van der Waals surface area contributed by atoms with Gasteiger partial charge in [-0.15, -0.1) is 0 Å². The molecule has 0 aliphatic heterocycles. The maximum Gasteiger partial charge on any atom is 0.335 e. The fraction of sp³-hybridized carbons (Fsp3) is 0.462. The van der Waals surface area contributed by atoms with E-state index in [2.05, 4.69) is 5.32 Å². The molecule has 1 aromatic rings. The van der Waals surface area contributed by atoms with Crippen LogP contribution in [-0.2, 0) is 6.54 Å². The van der Waals surface area contributed by atoms with Crippen molar-refractivity contribution in [3.05, 3.63) is 35.4 Å². The van der Waals surface area contributed by atoms with Gasteiger partial charge in [0, 0.05) is 12.6 Å². The second-order valence-electron chi connectivity index (χ2n) is 4.42. The number of benzene rings is 1. The van der Waals surface area contributed by atoms with Crippen LogP contribution in [0.15, 0.2) is 24.3 Å². The van der Waals surface area contributed by atoms with E-state index in [1.54, 1.807) is 24.3 Å². The van der Waals surface area contributed by atoms with Crippen LogP contribution >= 0.6 is 0 Å². The Balaban J connectivity index is 2.55. The van der Waals surface area contributed by atoms with E-state index in [0.29, 0.717) is 12.5 Å². The number of carboxylic acid groups (broad SMARTS) is 1. The molecule has 0 aliphatic carbocycles. The zero-order valence-electron chi connectivity index (χ0n) is 10.2. The second kappa shape index (κ2) is 6.37. The first-order chi connectivity index (χ1) is 8.04. The fourth-order valence-electron chi connectivity index (χ4n) is 1.53. The maximum atomic E-state index is 10.7. The van der Waals surface area contributed by atoms with Crippen LogP contribution in [-0.4, -0.2) is 28.8 Å². The Morgan fingerprint density at radius 2 is 1.88 bits per heavy atom. The van der Waals surface area contributed by atoms with E-state index in [4.69, 9.17) is 10.2 Å². The summed E-state index contributed by atoms with van der Waals surface area (Å²) in [5.74, 6) is -0.557. The normalized spacial score (nSPS) is 12.7. The van der Waals surface area contributed by atoms with Crippen LogP contribution in [0.5, 0.6) is 0 Å². The zero-order chi connectivity index (χ0) is 12.8. The van der Waals surface area contributed by atoms with Crippen molar-refractivity contribution in [1.82, 2.24) is 5.32 Å². The summed E-state index contributed by atoms with van der Waals surface area (Å²) in [7, 11) is 0. The van der Waals surface area contributed by atoms with Gasteiger partial charge in [-0.3, -0.25) is 0 Å². The van der Waals surface area contributed by atoms with Crippen LogP contribution in [0.25, 0.3) is 0 Å². The van der Waals surface area contributed by atoms with Gasteiger partial charge < -0.3 is 15.5 Å². The quantitative estimate of drug-likeness (QED) is 0.701. The molecule has 94 valence electrons. The molecular formula is C13H19NO3. The van der Waals surface area contributed by atoms with Crippen LogP contribution in [0.2, 0.25) is 0 Å². The van der Waals surface area contributed by atoms with Crippen molar-refractivity contribution in [2.45, 2.75) is 26.4 Å². The first kappa shape index (κ1) is 13.7. The molecule has 4 nitrogen and oxygen atoms in total. The molecule has 0 bridgehead atoms. The van der Waals surface area contributed by atoms with E-state index < -0.39 is 5.97 Å². The monoisotopic (exact) mass is 237 g/mol. The highest BCUT2D eigenvalue weighted by atomic mass is 16.4. The van der Waals surface area contributed by atoms with Crippen molar-refractivity contribution < 1.29 is 15.0 Å². The van der Waals surface area contributed by atoms with Gasteiger partial charge in [0.25, 0.3) is 0 Å². The largest absolute Gasteiger partial charge is 0.478 e. The smallest absolute Gasteiger partial charge is 0.335 e. The van der Waals surface area contributed by atoms with Gasteiger partial charge in [0.2, 0.25) is 0 Å². The average molecular weight is 237 g/mol. The molecule has 1 rings (SSSR count). The van der Waals surface area contributed by atoms with Crippen LogP contribution in [0.4, 0.5) is 0 Å². The number of hydrogen-bond donors (Lipinski definition) is 3. The van der Waals surface area contributed by atoms with Crippen LogP contribution in [0.1, 0.15) is 29.8 Å². The molecule has 0 saturated carbocycles. The summed E-state index contributed by atoms with van der Waals surface area (Å²) in [6.07, 6.45) is 0. The van der Waals surface area contributed by atoms with Gasteiger partial charge in [0.05, 0.1) is 12.2 Å². The van der Waals surface area contributed by atoms with Gasteiger partial charge in [0.15, 0.2) is 0 Å². The van der Waals surface area contributed by atoms with Crippen LogP contribution in [0.3, 0.4) is 0 Å². The predicted octanol–water partition coefficient (Wildman–Crippen LogP) is 1.49. The predicted molar refractivity (Wildman–Crippen MR) is 66.0 cm³/mol. The van der Waals surface area contributed by atoms with Gasteiger partial charge in [-0.05, 0) is 23.6 Å². The summed E-state index contributed by atoms with van der Waals surface area (Å²) in [6.45, 7) is 4.82. The van der Waals surface area contributed by atoms with Crippen molar-refractivity contribution in [2.24, 2.45) is 5.92 Å². The van der Waals surface area contributed by atoms with Gasteiger partial charge in [0.1, 0.15) is 0 Å². The van der Waals surface area contributed by atoms with Gasteiger partial charge in [-0.2, -0.15) is 0 Å². The number of nitrogens with one attached hydrogen (secondary N) is 1. The third-order valence-corrected chi connectivity index (χ3v) is 2.77. The third-order valence-electron chi connectivity index (χ3n) is 2.77. The Morgan fingerprint density at radius 1 is 1.29 bits per heavy atom. The molecule has 0 aromatic heterocycles. The number of rotatable bonds is 6. The lowest BCUT2D eigenvalue weighted by atomic mass is 10.0. The van der Waals surface area contributed by atoms with Gasteiger partial charge in [-0.25, -0.2) is 4.79 Å². The van der Waals surface area contributed by atoms with E-state index in [1.807, 2.05) is 13.8 Å². The molecule has 0 heterocycles. The summed E-state index contributed by atoms with van der Waals surface area (Å²) < 4.78 is 0. The third kappa shape index (κ3) is 4.17. The number of aromatic carboxylic acids is 1. The van der Waals surface area contributed by atoms with Gasteiger partial charge in [-0.1, -0.05) is 26.0 Å². The van der Waals surface area contributed by atoms with E-state index in [1.165, 1.54) is 0 Å². The molecule has 1 unspecified atom stereocenters. The SMILES string of the molecule is CC(C)C(CO)NCc1ccc(C(=O)O)cc1. The number of aliphatic hydroxyl groups excluding tert-OH is 1. The highest BCUT2D eigenvalue weighted by Gasteiger charge is 2.11. The van der Waals surface area contributed by atoms with Crippen LogP contribution in [0, 0.1) is 5.92 Å². The van der Waals surface area contributed by atoms with Gasteiger partial charge >= 0.3 is 5.97 Å².